The van der Waals surface area contributed by atoms with Crippen LogP contribution >= 0.6 is 11.8 Å². The molecule has 0 radical (unpaired) electrons. The van der Waals surface area contributed by atoms with Crippen molar-refractivity contribution in [1.29, 1.82) is 0 Å². The second kappa shape index (κ2) is 6.85. The number of thioether (sulfide) groups is 1. The van der Waals surface area contributed by atoms with Crippen LogP contribution in [0.5, 0.6) is 0 Å². The van der Waals surface area contributed by atoms with E-state index in [2.05, 4.69) is 11.9 Å². The number of nitrogens with one attached hydrogen (secondary N) is 1. The van der Waals surface area contributed by atoms with Gasteiger partial charge in [0, 0.05) is 33.3 Å². The lowest BCUT2D eigenvalue weighted by Crippen LogP contribution is -2.39. The molecule has 2 heterocycles. The van der Waals surface area contributed by atoms with Crippen LogP contribution in [-0.2, 0) is 22.9 Å². The molecule has 6 heteroatoms. The fourth-order valence-corrected chi connectivity index (χ4v) is 7.29. The fraction of sp³-hybridized carbons (Fsp3) is 0.364. The van der Waals surface area contributed by atoms with Gasteiger partial charge in [0.1, 0.15) is 0 Å². The number of aromatic nitrogens is 1. The smallest absolute Gasteiger partial charge is 0.264 e. The molecule has 146 valence electrons. The molecule has 1 aromatic heterocycles. The van der Waals surface area contributed by atoms with Crippen LogP contribution in [0.2, 0.25) is 0 Å². The molecule has 5 rings (SSSR count). The first-order valence-electron chi connectivity index (χ1n) is 10.00. The molecule has 28 heavy (non-hydrogen) atoms. The van der Waals surface area contributed by atoms with E-state index >= 15 is 0 Å². The number of para-hydroxylation sites is 1. The molecule has 1 unspecified atom stereocenters. The summed E-state index contributed by atoms with van der Waals surface area (Å²) in [5.41, 5.74) is 4.43. The first-order chi connectivity index (χ1) is 13.6. The molecule has 3 aromatic rings. The highest BCUT2D eigenvalue weighted by molar-refractivity contribution is 8.00. The lowest BCUT2D eigenvalue weighted by molar-refractivity contribution is 0.588. The van der Waals surface area contributed by atoms with Crippen LogP contribution in [-0.4, -0.2) is 25.2 Å². The number of aromatic amines is 1. The number of aryl methyl sites for hydroxylation is 2. The quantitative estimate of drug-likeness (QED) is 0.649. The monoisotopic (exact) mass is 412 g/mol. The van der Waals surface area contributed by atoms with Gasteiger partial charge in [-0.3, -0.25) is 4.31 Å². The highest BCUT2D eigenvalue weighted by atomic mass is 32.2. The highest BCUT2D eigenvalue weighted by Gasteiger charge is 2.33. The standard InChI is InChI=1S/C22H24N2O2S2/c1-2-15-14-24(21-9-5-6-10-22(21)27-15)28(25,26)16-11-12-20-18(13-16)17-7-3-4-8-19(17)23-20/h5-6,9-13,15,23H,2-4,7-8,14H2,1H3. The van der Waals surface area contributed by atoms with Gasteiger partial charge in [-0.15, -0.1) is 11.8 Å². The van der Waals surface area contributed by atoms with Crippen LogP contribution in [0.3, 0.4) is 0 Å². The van der Waals surface area contributed by atoms with Gasteiger partial charge in [-0.1, -0.05) is 19.1 Å². The molecule has 0 spiro atoms. The van der Waals surface area contributed by atoms with E-state index in [1.54, 1.807) is 22.1 Å². The molecular weight excluding hydrogens is 388 g/mol. The van der Waals surface area contributed by atoms with Gasteiger partial charge < -0.3 is 4.98 Å². The number of anilines is 1. The Morgan fingerprint density at radius 2 is 1.96 bits per heavy atom. The number of benzene rings is 2. The summed E-state index contributed by atoms with van der Waals surface area (Å²) in [5, 5.41) is 1.34. The molecule has 0 saturated heterocycles. The van der Waals surface area contributed by atoms with Gasteiger partial charge >= 0.3 is 0 Å². The molecule has 2 aromatic carbocycles. The van der Waals surface area contributed by atoms with Crippen molar-refractivity contribution in [3.05, 3.63) is 53.7 Å². The molecular formula is C22H24N2O2S2. The van der Waals surface area contributed by atoms with Gasteiger partial charge in [0.25, 0.3) is 10.0 Å². The van der Waals surface area contributed by atoms with Gasteiger partial charge in [-0.25, -0.2) is 8.42 Å². The number of nitrogens with zero attached hydrogens (tertiary/aromatic N) is 1. The van der Waals surface area contributed by atoms with E-state index in [0.717, 1.165) is 40.7 Å². The molecule has 0 fully saturated rings. The summed E-state index contributed by atoms with van der Waals surface area (Å²) >= 11 is 1.78. The van der Waals surface area contributed by atoms with Gasteiger partial charge in [-0.05, 0) is 68.0 Å². The van der Waals surface area contributed by atoms with Gasteiger partial charge in [0.2, 0.25) is 0 Å². The van der Waals surface area contributed by atoms with E-state index in [9.17, 15) is 8.42 Å². The third-order valence-electron chi connectivity index (χ3n) is 5.91. The van der Waals surface area contributed by atoms with Crippen LogP contribution in [0.4, 0.5) is 5.69 Å². The van der Waals surface area contributed by atoms with Crippen molar-refractivity contribution in [3.8, 4) is 0 Å². The number of H-pyrrole nitrogens is 1. The Morgan fingerprint density at radius 3 is 2.82 bits per heavy atom. The Hall–Kier alpha value is -1.92. The van der Waals surface area contributed by atoms with E-state index in [4.69, 9.17) is 0 Å². The molecule has 0 saturated carbocycles. The number of hydrogen-bond donors (Lipinski definition) is 1. The summed E-state index contributed by atoms with van der Waals surface area (Å²) < 4.78 is 28.9. The van der Waals surface area contributed by atoms with Crippen molar-refractivity contribution < 1.29 is 8.42 Å². The van der Waals surface area contributed by atoms with Crippen molar-refractivity contribution in [2.45, 2.75) is 54.1 Å². The number of hydrogen-bond acceptors (Lipinski definition) is 3. The molecule has 1 atom stereocenters. The first-order valence-corrected chi connectivity index (χ1v) is 12.3. The number of sulfonamides is 1. The van der Waals surface area contributed by atoms with Crippen molar-refractivity contribution >= 4 is 38.4 Å². The zero-order valence-electron chi connectivity index (χ0n) is 15.9. The number of fused-ring (bicyclic) bond motifs is 4. The minimum Gasteiger partial charge on any atom is -0.358 e. The molecule has 0 bridgehead atoms. The maximum absolute atomic E-state index is 13.7. The van der Waals surface area contributed by atoms with E-state index < -0.39 is 10.0 Å². The van der Waals surface area contributed by atoms with Crippen LogP contribution in [0.15, 0.2) is 52.3 Å². The average Bonchev–Trinajstić information content (AvgIpc) is 3.10. The summed E-state index contributed by atoms with van der Waals surface area (Å²) in [6, 6.07) is 13.4. The summed E-state index contributed by atoms with van der Waals surface area (Å²) in [6.45, 7) is 2.64. The first kappa shape index (κ1) is 18.1. The van der Waals surface area contributed by atoms with Crippen molar-refractivity contribution in [2.24, 2.45) is 0 Å². The molecule has 0 amide bonds. The highest BCUT2D eigenvalue weighted by Crippen LogP contribution is 2.42. The Balaban J connectivity index is 1.62. The Bertz CT molecular complexity index is 1150. The van der Waals surface area contributed by atoms with Crippen LogP contribution < -0.4 is 4.31 Å². The van der Waals surface area contributed by atoms with Crippen LogP contribution in [0.1, 0.15) is 37.4 Å². The zero-order valence-corrected chi connectivity index (χ0v) is 17.6. The average molecular weight is 413 g/mol. The van der Waals surface area contributed by atoms with Crippen molar-refractivity contribution in [1.82, 2.24) is 4.98 Å². The lowest BCUT2D eigenvalue weighted by Gasteiger charge is -2.34. The zero-order chi connectivity index (χ0) is 19.3. The number of rotatable bonds is 3. The normalized spacial score (nSPS) is 19.5. The SMILES string of the molecule is CCC1CN(S(=O)(=O)c2ccc3[nH]c4c(c3c2)CCCC4)c2ccccc2S1. The van der Waals surface area contributed by atoms with Crippen molar-refractivity contribution in [3.63, 3.8) is 0 Å². The summed E-state index contributed by atoms with van der Waals surface area (Å²) in [4.78, 5) is 4.93. The van der Waals surface area contributed by atoms with E-state index in [1.165, 1.54) is 24.1 Å². The van der Waals surface area contributed by atoms with Gasteiger partial charge in [-0.2, -0.15) is 0 Å². The Morgan fingerprint density at radius 1 is 1.14 bits per heavy atom. The third-order valence-corrected chi connectivity index (χ3v) is 9.10. The molecule has 1 N–H and O–H groups in total. The molecule has 4 nitrogen and oxygen atoms in total. The maximum Gasteiger partial charge on any atom is 0.264 e. The van der Waals surface area contributed by atoms with Crippen LogP contribution in [0, 0.1) is 0 Å². The van der Waals surface area contributed by atoms with E-state index in [0.29, 0.717) is 11.4 Å². The van der Waals surface area contributed by atoms with E-state index in [1.807, 2.05) is 36.4 Å². The predicted octanol–water partition coefficient (Wildman–Crippen LogP) is 5.13. The third kappa shape index (κ3) is 2.85. The largest absolute Gasteiger partial charge is 0.358 e. The molecule has 1 aliphatic carbocycles. The van der Waals surface area contributed by atoms with E-state index in [-0.39, 0.29) is 5.25 Å². The Labute approximate surface area is 170 Å². The topological polar surface area (TPSA) is 53.2 Å². The minimum absolute atomic E-state index is 0.272. The van der Waals surface area contributed by atoms with Crippen LogP contribution in [0.25, 0.3) is 10.9 Å². The predicted molar refractivity (Wildman–Crippen MR) is 116 cm³/mol. The molecule has 2 aliphatic rings. The fourth-order valence-electron chi connectivity index (χ4n) is 4.38. The summed E-state index contributed by atoms with van der Waals surface area (Å²) in [6.07, 6.45) is 5.40. The Kier molecular flexibility index (Phi) is 4.43. The maximum atomic E-state index is 13.7. The van der Waals surface area contributed by atoms with Crippen molar-refractivity contribution in [2.75, 3.05) is 10.8 Å². The van der Waals surface area contributed by atoms with Gasteiger partial charge in [0.15, 0.2) is 0 Å². The second-order valence-electron chi connectivity index (χ2n) is 7.65. The summed E-state index contributed by atoms with van der Waals surface area (Å²) in [7, 11) is -3.61. The lowest BCUT2D eigenvalue weighted by atomic mass is 9.96. The molecule has 1 aliphatic heterocycles. The summed E-state index contributed by atoms with van der Waals surface area (Å²) in [5.74, 6) is 0. The van der Waals surface area contributed by atoms with Gasteiger partial charge in [0.05, 0.1) is 10.6 Å². The second-order valence-corrected chi connectivity index (χ2v) is 10.9. The minimum atomic E-state index is -3.61.